The quantitative estimate of drug-likeness (QED) is 0.547. The van der Waals surface area contributed by atoms with Crippen LogP contribution in [0.15, 0.2) is 51.0 Å². The van der Waals surface area contributed by atoms with Crippen molar-refractivity contribution in [2.45, 2.75) is 25.9 Å². The second kappa shape index (κ2) is 4.43. The second-order valence-corrected chi connectivity index (χ2v) is 7.68. The Morgan fingerprint density at radius 2 is 1.68 bits per heavy atom. The number of hydrogen-bond acceptors (Lipinski definition) is 3. The number of benzene rings is 1. The van der Waals surface area contributed by atoms with E-state index in [1.165, 1.54) is 0 Å². The molecule has 0 N–H and O–H groups in total. The fraction of sp³-hybridized carbons (Fsp3) is 0.267. The van der Waals surface area contributed by atoms with E-state index in [2.05, 4.69) is 25.8 Å². The number of nitrogens with zero attached hydrogens (tertiary/aromatic N) is 1. The van der Waals surface area contributed by atoms with Crippen LogP contribution in [0.1, 0.15) is 20.8 Å². The molecule has 2 aromatic heterocycles. The lowest BCUT2D eigenvalue weighted by Crippen LogP contribution is -1.99. The highest BCUT2D eigenvalue weighted by molar-refractivity contribution is 7.38. The van der Waals surface area contributed by atoms with Crippen LogP contribution in [0.25, 0.3) is 22.1 Å². The molecular formula is C15H16NO2P. The van der Waals surface area contributed by atoms with Crippen LogP contribution in [-0.4, -0.2) is 4.98 Å². The summed E-state index contributed by atoms with van der Waals surface area (Å²) in [5, 5.41) is 1.97. The Bertz CT molecular complexity index is 714. The monoisotopic (exact) mass is 273 g/mol. The van der Waals surface area contributed by atoms with Gasteiger partial charge in [-0.15, -0.1) is 0 Å². The maximum atomic E-state index is 6.11. The minimum absolute atomic E-state index is 0.0679. The van der Waals surface area contributed by atoms with Gasteiger partial charge in [-0.1, -0.05) is 18.2 Å². The van der Waals surface area contributed by atoms with E-state index >= 15 is 0 Å². The van der Waals surface area contributed by atoms with Crippen molar-refractivity contribution in [2.75, 3.05) is 0 Å². The van der Waals surface area contributed by atoms with Crippen LogP contribution >= 0.6 is 8.01 Å². The zero-order valence-electron chi connectivity index (χ0n) is 11.3. The molecule has 0 spiro atoms. The molecule has 1 atom stereocenters. The molecule has 0 aliphatic rings. The van der Waals surface area contributed by atoms with Crippen LogP contribution in [0, 0.1) is 0 Å². The molecule has 0 radical (unpaired) electrons. The van der Waals surface area contributed by atoms with Crippen molar-refractivity contribution >= 4 is 30.1 Å². The highest BCUT2D eigenvalue weighted by atomic mass is 31.1. The first-order valence-electron chi connectivity index (χ1n) is 6.26. The molecule has 0 fully saturated rings. The highest BCUT2D eigenvalue weighted by Crippen LogP contribution is 2.46. The second-order valence-electron chi connectivity index (χ2n) is 5.46. The standard InChI is InChI=1S/C15H16NO2P/c1-15(2,3)19-17-13-9-5-4-7-11(13)12-8-6-10-16-14(12)18-19/h4-10H,1-3H3. The molecule has 98 valence electrons. The van der Waals surface area contributed by atoms with Gasteiger partial charge in [-0.05, 0) is 39.0 Å². The Hall–Kier alpha value is -1.73. The van der Waals surface area contributed by atoms with E-state index < -0.39 is 8.01 Å². The minimum atomic E-state index is -1.08. The first-order valence-corrected chi connectivity index (χ1v) is 7.44. The number of fused-ring (bicyclic) bond motifs is 3. The van der Waals surface area contributed by atoms with E-state index in [0.29, 0.717) is 5.71 Å². The maximum Gasteiger partial charge on any atom is 0.233 e. The summed E-state index contributed by atoms with van der Waals surface area (Å²) in [6.45, 7) is 6.36. The Morgan fingerprint density at radius 1 is 0.947 bits per heavy atom. The Kier molecular flexibility index (Phi) is 2.87. The van der Waals surface area contributed by atoms with Crippen molar-refractivity contribution in [1.29, 1.82) is 0 Å². The molecule has 4 heteroatoms. The van der Waals surface area contributed by atoms with E-state index in [0.717, 1.165) is 16.4 Å². The van der Waals surface area contributed by atoms with Gasteiger partial charge in [0.15, 0.2) is 0 Å². The van der Waals surface area contributed by atoms with Crippen LogP contribution in [0.2, 0.25) is 0 Å². The van der Waals surface area contributed by atoms with Crippen molar-refractivity contribution in [2.24, 2.45) is 0 Å². The lowest BCUT2D eigenvalue weighted by molar-refractivity contribution is 0.561. The summed E-state index contributed by atoms with van der Waals surface area (Å²) >= 11 is 0. The van der Waals surface area contributed by atoms with Crippen molar-refractivity contribution < 1.29 is 8.39 Å². The summed E-state index contributed by atoms with van der Waals surface area (Å²) in [5.74, 6) is 0. The molecule has 3 aromatic rings. The fourth-order valence-electron chi connectivity index (χ4n) is 1.90. The maximum absolute atomic E-state index is 6.11. The summed E-state index contributed by atoms with van der Waals surface area (Å²) in [6.07, 6.45) is 1.75. The summed E-state index contributed by atoms with van der Waals surface area (Å²) in [5.41, 5.74) is 1.53. The highest BCUT2D eigenvalue weighted by Gasteiger charge is 2.20. The van der Waals surface area contributed by atoms with Gasteiger partial charge in [0.1, 0.15) is 5.58 Å². The van der Waals surface area contributed by atoms with Crippen molar-refractivity contribution in [3.05, 3.63) is 42.6 Å². The molecule has 0 saturated heterocycles. The van der Waals surface area contributed by atoms with Crippen molar-refractivity contribution in [3.8, 4) is 0 Å². The average Bonchev–Trinajstić information content (AvgIpc) is 2.55. The van der Waals surface area contributed by atoms with Gasteiger partial charge in [0.25, 0.3) is 0 Å². The third-order valence-corrected chi connectivity index (χ3v) is 4.64. The molecule has 2 heterocycles. The molecule has 1 aromatic carbocycles. The third kappa shape index (κ3) is 2.26. The molecule has 19 heavy (non-hydrogen) atoms. The molecule has 0 amide bonds. The van der Waals surface area contributed by atoms with E-state index in [1.807, 2.05) is 36.4 Å². The van der Waals surface area contributed by atoms with Gasteiger partial charge in [-0.3, -0.25) is 0 Å². The van der Waals surface area contributed by atoms with E-state index in [1.54, 1.807) is 6.20 Å². The predicted molar refractivity (Wildman–Crippen MR) is 79.1 cm³/mol. The van der Waals surface area contributed by atoms with Crippen molar-refractivity contribution in [1.82, 2.24) is 4.98 Å². The number of rotatable bonds is 0. The molecule has 1 unspecified atom stereocenters. The van der Waals surface area contributed by atoms with Crippen LogP contribution in [0.3, 0.4) is 0 Å². The molecule has 0 aliphatic heterocycles. The lowest BCUT2D eigenvalue weighted by Gasteiger charge is -2.13. The average molecular weight is 273 g/mol. The molecule has 0 saturated carbocycles. The fourth-order valence-corrected chi connectivity index (χ4v) is 3.12. The largest absolute Gasteiger partial charge is 0.419 e. The Balaban J connectivity index is 2.56. The van der Waals surface area contributed by atoms with Gasteiger partial charge >= 0.3 is 0 Å². The van der Waals surface area contributed by atoms with Gasteiger partial charge in [0.2, 0.25) is 13.7 Å². The molecule has 0 bridgehead atoms. The van der Waals surface area contributed by atoms with Crippen LogP contribution in [-0.2, 0) is 5.16 Å². The molecule has 3 rings (SSSR count). The smallest absolute Gasteiger partial charge is 0.233 e. The van der Waals surface area contributed by atoms with Gasteiger partial charge in [0, 0.05) is 17.0 Å². The predicted octanol–water partition coefficient (Wildman–Crippen LogP) is 5.44. The van der Waals surface area contributed by atoms with Gasteiger partial charge in [-0.2, -0.15) is 0 Å². The van der Waals surface area contributed by atoms with Crippen LogP contribution in [0.4, 0.5) is 0 Å². The number of hydrogen-bond donors (Lipinski definition) is 0. The van der Waals surface area contributed by atoms with E-state index in [9.17, 15) is 0 Å². The van der Waals surface area contributed by atoms with Gasteiger partial charge < -0.3 is 8.39 Å². The Morgan fingerprint density at radius 3 is 2.47 bits per heavy atom. The topological polar surface area (TPSA) is 39.2 Å². The van der Waals surface area contributed by atoms with Gasteiger partial charge in [0.05, 0.1) is 5.16 Å². The zero-order valence-corrected chi connectivity index (χ0v) is 12.1. The summed E-state index contributed by atoms with van der Waals surface area (Å²) in [4.78, 5) is 4.36. The van der Waals surface area contributed by atoms with Crippen LogP contribution in [0.5, 0.6) is 0 Å². The number of pyridine rings is 1. The number of aromatic nitrogens is 1. The SMILES string of the molecule is CC(C)(C)p1oc2ccccc2c2cccnc2o1. The first kappa shape index (κ1) is 12.3. The lowest BCUT2D eigenvalue weighted by atomic mass is 10.2. The van der Waals surface area contributed by atoms with Crippen molar-refractivity contribution in [3.63, 3.8) is 0 Å². The van der Waals surface area contributed by atoms with Crippen LogP contribution < -0.4 is 0 Å². The number of para-hydroxylation sites is 1. The first-order chi connectivity index (χ1) is 9.05. The van der Waals surface area contributed by atoms with E-state index in [-0.39, 0.29) is 5.16 Å². The molecular weight excluding hydrogens is 257 g/mol. The summed E-state index contributed by atoms with van der Waals surface area (Å²) < 4.78 is 12.1. The van der Waals surface area contributed by atoms with Gasteiger partial charge in [-0.25, -0.2) is 4.98 Å². The summed E-state index contributed by atoms with van der Waals surface area (Å²) in [6, 6.07) is 12.0. The van der Waals surface area contributed by atoms with E-state index in [4.69, 9.17) is 8.39 Å². The zero-order chi connectivity index (χ0) is 13.5. The Labute approximate surface area is 112 Å². The molecule has 3 nitrogen and oxygen atoms in total. The summed E-state index contributed by atoms with van der Waals surface area (Å²) in [7, 11) is -1.08. The normalized spacial score (nSPS) is 12.9. The molecule has 0 aliphatic carbocycles. The third-order valence-electron chi connectivity index (χ3n) is 2.85. The minimum Gasteiger partial charge on any atom is -0.419 e.